The van der Waals surface area contributed by atoms with Crippen LogP contribution in [0.3, 0.4) is 0 Å². The standard InChI is InChI=1S/C16H18F3N3O2/c1-9(15(24)21(2)3)20-14(23)13-8-10-7-11(16(17,18)19)5-6-12(10)22(13)4/h5-9H,1-4H3,(H,20,23). The fourth-order valence-corrected chi connectivity index (χ4v) is 2.46. The van der Waals surface area contributed by atoms with Gasteiger partial charge in [0.05, 0.1) is 5.56 Å². The summed E-state index contributed by atoms with van der Waals surface area (Å²) in [4.78, 5) is 25.5. The van der Waals surface area contributed by atoms with Crippen molar-refractivity contribution in [2.45, 2.75) is 19.1 Å². The van der Waals surface area contributed by atoms with Crippen LogP contribution in [0.15, 0.2) is 24.3 Å². The average Bonchev–Trinajstić information content (AvgIpc) is 2.82. The predicted molar refractivity (Wildman–Crippen MR) is 83.5 cm³/mol. The van der Waals surface area contributed by atoms with Crippen LogP contribution in [0.2, 0.25) is 0 Å². The lowest BCUT2D eigenvalue weighted by Crippen LogP contribution is -2.44. The van der Waals surface area contributed by atoms with E-state index in [4.69, 9.17) is 0 Å². The van der Waals surface area contributed by atoms with Gasteiger partial charge in [-0.15, -0.1) is 0 Å². The Hall–Kier alpha value is -2.51. The zero-order valence-corrected chi connectivity index (χ0v) is 13.7. The summed E-state index contributed by atoms with van der Waals surface area (Å²) in [5, 5.41) is 2.86. The molecular weight excluding hydrogens is 323 g/mol. The molecule has 0 saturated carbocycles. The van der Waals surface area contributed by atoms with E-state index in [-0.39, 0.29) is 11.6 Å². The van der Waals surface area contributed by atoms with Gasteiger partial charge in [0.2, 0.25) is 5.91 Å². The van der Waals surface area contributed by atoms with Crippen LogP contribution in [0.4, 0.5) is 13.2 Å². The molecule has 130 valence electrons. The van der Waals surface area contributed by atoms with Crippen molar-refractivity contribution in [1.29, 1.82) is 0 Å². The first-order valence-electron chi connectivity index (χ1n) is 7.21. The van der Waals surface area contributed by atoms with E-state index in [1.807, 2.05) is 0 Å². The van der Waals surface area contributed by atoms with Gasteiger partial charge in [0.1, 0.15) is 11.7 Å². The molecule has 8 heteroatoms. The molecule has 2 rings (SSSR count). The number of nitrogens with zero attached hydrogens (tertiary/aromatic N) is 2. The number of alkyl halides is 3. The van der Waals surface area contributed by atoms with Crippen molar-refractivity contribution in [2.75, 3.05) is 14.1 Å². The van der Waals surface area contributed by atoms with Gasteiger partial charge in [0.15, 0.2) is 0 Å². The molecule has 1 heterocycles. The molecule has 1 N–H and O–H groups in total. The fourth-order valence-electron chi connectivity index (χ4n) is 2.46. The van der Waals surface area contributed by atoms with E-state index in [0.717, 1.165) is 12.1 Å². The Bertz CT molecular complexity index is 794. The minimum atomic E-state index is -4.45. The van der Waals surface area contributed by atoms with Crippen LogP contribution < -0.4 is 5.32 Å². The van der Waals surface area contributed by atoms with Crippen molar-refractivity contribution in [3.63, 3.8) is 0 Å². The summed E-state index contributed by atoms with van der Waals surface area (Å²) in [7, 11) is 4.73. The zero-order valence-electron chi connectivity index (χ0n) is 13.7. The van der Waals surface area contributed by atoms with Crippen LogP contribution in [0, 0.1) is 0 Å². The summed E-state index contributed by atoms with van der Waals surface area (Å²) >= 11 is 0. The number of aromatic nitrogens is 1. The highest BCUT2D eigenvalue weighted by Crippen LogP contribution is 2.32. The molecule has 1 aromatic heterocycles. The van der Waals surface area contributed by atoms with E-state index in [9.17, 15) is 22.8 Å². The summed E-state index contributed by atoms with van der Waals surface area (Å²) in [6.07, 6.45) is -4.45. The Morgan fingerprint density at radius 2 is 1.83 bits per heavy atom. The normalized spacial score (nSPS) is 13.0. The molecule has 0 fully saturated rings. The number of amides is 2. The Labute approximate surface area is 137 Å². The largest absolute Gasteiger partial charge is 0.416 e. The highest BCUT2D eigenvalue weighted by atomic mass is 19.4. The number of nitrogens with one attached hydrogen (secondary N) is 1. The molecular formula is C16H18F3N3O2. The van der Waals surface area contributed by atoms with Crippen molar-refractivity contribution < 1.29 is 22.8 Å². The number of fused-ring (bicyclic) bond motifs is 1. The minimum Gasteiger partial charge on any atom is -0.347 e. The monoisotopic (exact) mass is 341 g/mol. The number of likely N-dealkylation sites (N-methyl/N-ethyl adjacent to an activating group) is 1. The fraction of sp³-hybridized carbons (Fsp3) is 0.375. The summed E-state index contributed by atoms with van der Waals surface area (Å²) < 4.78 is 39.9. The quantitative estimate of drug-likeness (QED) is 0.932. The second-order valence-corrected chi connectivity index (χ2v) is 5.79. The molecule has 5 nitrogen and oxygen atoms in total. The Morgan fingerprint density at radius 1 is 1.21 bits per heavy atom. The third-order valence-electron chi connectivity index (χ3n) is 3.76. The third-order valence-corrected chi connectivity index (χ3v) is 3.76. The van der Waals surface area contributed by atoms with Gasteiger partial charge >= 0.3 is 6.18 Å². The van der Waals surface area contributed by atoms with E-state index in [1.165, 1.54) is 21.6 Å². The van der Waals surface area contributed by atoms with Crippen LogP contribution in [0.1, 0.15) is 23.0 Å². The number of carbonyl (C=O) groups is 2. The van der Waals surface area contributed by atoms with Crippen LogP contribution in [0.5, 0.6) is 0 Å². The van der Waals surface area contributed by atoms with E-state index in [0.29, 0.717) is 10.9 Å². The molecule has 0 saturated heterocycles. The molecule has 0 aliphatic carbocycles. The van der Waals surface area contributed by atoms with Crippen LogP contribution in [-0.2, 0) is 18.0 Å². The minimum absolute atomic E-state index is 0.183. The molecule has 0 spiro atoms. The number of halogens is 3. The maximum Gasteiger partial charge on any atom is 0.416 e. The molecule has 24 heavy (non-hydrogen) atoms. The molecule has 0 radical (unpaired) electrons. The lowest BCUT2D eigenvalue weighted by molar-refractivity contribution is -0.137. The Morgan fingerprint density at radius 3 is 2.38 bits per heavy atom. The molecule has 1 aromatic carbocycles. The smallest absolute Gasteiger partial charge is 0.347 e. The number of aryl methyl sites for hydroxylation is 1. The number of carbonyl (C=O) groups excluding carboxylic acids is 2. The van der Waals surface area contributed by atoms with Crippen LogP contribution >= 0.6 is 0 Å². The van der Waals surface area contributed by atoms with Gasteiger partial charge in [-0.1, -0.05) is 0 Å². The van der Waals surface area contributed by atoms with Gasteiger partial charge in [-0.2, -0.15) is 13.2 Å². The molecule has 0 aliphatic heterocycles. The molecule has 0 aliphatic rings. The zero-order chi connectivity index (χ0) is 18.2. The Balaban J connectivity index is 2.34. The summed E-state index contributed by atoms with van der Waals surface area (Å²) in [6, 6.07) is 3.94. The molecule has 1 unspecified atom stereocenters. The maximum atomic E-state index is 12.8. The summed E-state index contributed by atoms with van der Waals surface area (Å²) in [5.74, 6) is -0.800. The van der Waals surface area contributed by atoms with Gasteiger partial charge in [0.25, 0.3) is 5.91 Å². The van der Waals surface area contributed by atoms with E-state index in [1.54, 1.807) is 28.1 Å². The lowest BCUT2D eigenvalue weighted by Gasteiger charge is -2.18. The first-order valence-corrected chi connectivity index (χ1v) is 7.21. The van der Waals surface area contributed by atoms with E-state index < -0.39 is 23.7 Å². The summed E-state index contributed by atoms with van der Waals surface area (Å²) in [5.41, 5.74) is -0.0915. The number of hydrogen-bond donors (Lipinski definition) is 1. The first kappa shape index (κ1) is 17.8. The lowest BCUT2D eigenvalue weighted by atomic mass is 10.1. The highest BCUT2D eigenvalue weighted by molar-refractivity contribution is 6.00. The molecule has 2 amide bonds. The van der Waals surface area contributed by atoms with Gasteiger partial charge in [-0.25, -0.2) is 0 Å². The number of benzene rings is 1. The van der Waals surface area contributed by atoms with E-state index in [2.05, 4.69) is 5.32 Å². The average molecular weight is 341 g/mol. The van der Waals surface area contributed by atoms with Gasteiger partial charge < -0.3 is 14.8 Å². The highest BCUT2D eigenvalue weighted by Gasteiger charge is 2.31. The molecule has 1 atom stereocenters. The Kier molecular flexibility index (Phi) is 4.59. The second kappa shape index (κ2) is 6.18. The first-order chi connectivity index (χ1) is 11.0. The van der Waals surface area contributed by atoms with E-state index >= 15 is 0 Å². The van der Waals surface area contributed by atoms with Crippen molar-refractivity contribution >= 4 is 22.7 Å². The molecule has 0 bridgehead atoms. The van der Waals surface area contributed by atoms with Crippen molar-refractivity contribution in [3.05, 3.63) is 35.5 Å². The third kappa shape index (κ3) is 3.37. The van der Waals surface area contributed by atoms with Crippen molar-refractivity contribution in [1.82, 2.24) is 14.8 Å². The maximum absolute atomic E-state index is 12.8. The van der Waals surface area contributed by atoms with Gasteiger partial charge in [-0.3, -0.25) is 9.59 Å². The number of rotatable bonds is 3. The van der Waals surface area contributed by atoms with Gasteiger partial charge in [-0.05, 0) is 31.2 Å². The van der Waals surface area contributed by atoms with Crippen LogP contribution in [-0.4, -0.2) is 41.4 Å². The van der Waals surface area contributed by atoms with Gasteiger partial charge in [0, 0.05) is 32.0 Å². The second-order valence-electron chi connectivity index (χ2n) is 5.79. The SMILES string of the molecule is CC(NC(=O)c1cc2cc(C(F)(F)F)ccc2n1C)C(=O)N(C)C. The number of hydrogen-bond acceptors (Lipinski definition) is 2. The predicted octanol–water partition coefficient (Wildman–Crippen LogP) is 2.40. The summed E-state index contributed by atoms with van der Waals surface area (Å²) in [6.45, 7) is 1.55. The van der Waals surface area contributed by atoms with Crippen molar-refractivity contribution in [3.8, 4) is 0 Å². The van der Waals surface area contributed by atoms with Crippen molar-refractivity contribution in [2.24, 2.45) is 7.05 Å². The molecule has 2 aromatic rings. The van der Waals surface area contributed by atoms with Crippen LogP contribution in [0.25, 0.3) is 10.9 Å². The topological polar surface area (TPSA) is 54.3 Å².